The molecule has 0 fully saturated rings. The van der Waals surface area contributed by atoms with Crippen LogP contribution in [0.5, 0.6) is 0 Å². The van der Waals surface area contributed by atoms with Gasteiger partial charge >= 0.3 is 0 Å². The smallest absolute Gasteiger partial charge is 0.251 e. The molecule has 100 valence electrons. The third kappa shape index (κ3) is 4.09. The van der Waals surface area contributed by atoms with Gasteiger partial charge in [-0.25, -0.2) is 4.98 Å². The number of halogens is 1. The predicted molar refractivity (Wildman–Crippen MR) is 77.8 cm³/mol. The molecule has 0 unspecified atom stereocenters. The first-order valence-electron chi connectivity index (χ1n) is 5.91. The van der Waals surface area contributed by atoms with E-state index in [1.165, 1.54) is 24.0 Å². The number of aromatic amines is 1. The summed E-state index contributed by atoms with van der Waals surface area (Å²) < 4.78 is 0. The second-order valence-corrected chi connectivity index (χ2v) is 5.34. The van der Waals surface area contributed by atoms with Crippen LogP contribution >= 0.6 is 23.4 Å². The number of H-pyrrole nitrogens is 1. The van der Waals surface area contributed by atoms with Gasteiger partial charge in [-0.1, -0.05) is 36.4 Å². The van der Waals surface area contributed by atoms with Crippen LogP contribution in [0.4, 0.5) is 0 Å². The Morgan fingerprint density at radius 1 is 1.42 bits per heavy atom. The first kappa shape index (κ1) is 14.1. The fourth-order valence-corrected chi connectivity index (χ4v) is 2.70. The number of benzene rings is 1. The van der Waals surface area contributed by atoms with Crippen molar-refractivity contribution < 1.29 is 0 Å². The van der Waals surface area contributed by atoms with Gasteiger partial charge in [-0.15, -0.1) is 0 Å². The van der Waals surface area contributed by atoms with Crippen LogP contribution in [0.1, 0.15) is 12.5 Å². The van der Waals surface area contributed by atoms with Crippen molar-refractivity contribution in [1.82, 2.24) is 15.3 Å². The molecule has 1 aromatic carbocycles. The molecule has 0 radical (unpaired) electrons. The Kier molecular flexibility index (Phi) is 5.01. The molecule has 2 aromatic rings. The van der Waals surface area contributed by atoms with Crippen molar-refractivity contribution in [3.8, 4) is 0 Å². The standard InChI is InChI=1S/C13H14ClN3OS/c1-2-15-8-9-3-4-10(14)7-11(9)19-13-16-6-5-12(18)17-13/h3-7,15H,2,8H2,1H3,(H,16,17,18). The van der Waals surface area contributed by atoms with Gasteiger partial charge in [0.2, 0.25) is 0 Å². The summed E-state index contributed by atoms with van der Waals surface area (Å²) in [6.45, 7) is 3.71. The number of rotatable bonds is 5. The molecule has 4 nitrogen and oxygen atoms in total. The molecule has 19 heavy (non-hydrogen) atoms. The van der Waals surface area contributed by atoms with E-state index >= 15 is 0 Å². The van der Waals surface area contributed by atoms with Gasteiger partial charge in [0.05, 0.1) is 0 Å². The lowest BCUT2D eigenvalue weighted by Crippen LogP contribution is -2.12. The fourth-order valence-electron chi connectivity index (χ4n) is 1.54. The van der Waals surface area contributed by atoms with Crippen molar-refractivity contribution in [2.75, 3.05) is 6.54 Å². The third-order valence-corrected chi connectivity index (χ3v) is 3.68. The maximum atomic E-state index is 11.3. The van der Waals surface area contributed by atoms with Gasteiger partial charge < -0.3 is 10.3 Å². The highest BCUT2D eigenvalue weighted by molar-refractivity contribution is 7.99. The predicted octanol–water partition coefficient (Wildman–Crippen LogP) is 2.68. The molecule has 0 atom stereocenters. The average Bonchev–Trinajstić information content (AvgIpc) is 2.38. The molecule has 0 amide bonds. The first-order chi connectivity index (χ1) is 9.19. The summed E-state index contributed by atoms with van der Waals surface area (Å²) in [7, 11) is 0. The molecule has 0 spiro atoms. The van der Waals surface area contributed by atoms with Crippen LogP contribution in [-0.2, 0) is 6.54 Å². The summed E-state index contributed by atoms with van der Waals surface area (Å²) in [5.74, 6) is 0. The number of nitrogens with zero attached hydrogens (tertiary/aromatic N) is 1. The van der Waals surface area contributed by atoms with E-state index in [4.69, 9.17) is 11.6 Å². The summed E-state index contributed by atoms with van der Waals surface area (Å²) in [5, 5.41) is 4.50. The van der Waals surface area contributed by atoms with Crippen molar-refractivity contribution in [1.29, 1.82) is 0 Å². The summed E-state index contributed by atoms with van der Waals surface area (Å²) in [6, 6.07) is 7.11. The van der Waals surface area contributed by atoms with Crippen molar-refractivity contribution in [3.05, 3.63) is 51.4 Å². The van der Waals surface area contributed by atoms with Crippen molar-refractivity contribution in [3.63, 3.8) is 0 Å². The minimum atomic E-state index is -0.159. The monoisotopic (exact) mass is 295 g/mol. The molecule has 1 aromatic heterocycles. The molecule has 6 heteroatoms. The lowest BCUT2D eigenvalue weighted by atomic mass is 10.2. The minimum absolute atomic E-state index is 0.159. The van der Waals surface area contributed by atoms with E-state index < -0.39 is 0 Å². The van der Waals surface area contributed by atoms with E-state index in [0.717, 1.165) is 23.5 Å². The molecule has 0 saturated carbocycles. The lowest BCUT2D eigenvalue weighted by molar-refractivity contribution is 0.718. The molecule has 0 bridgehead atoms. The number of hydrogen-bond acceptors (Lipinski definition) is 4. The van der Waals surface area contributed by atoms with Gasteiger partial charge in [-0.05, 0) is 24.2 Å². The van der Waals surface area contributed by atoms with Gasteiger partial charge in [0, 0.05) is 28.7 Å². The van der Waals surface area contributed by atoms with Gasteiger partial charge in [-0.3, -0.25) is 4.79 Å². The largest absolute Gasteiger partial charge is 0.313 e. The summed E-state index contributed by atoms with van der Waals surface area (Å²) >= 11 is 7.42. The summed E-state index contributed by atoms with van der Waals surface area (Å²) in [6.07, 6.45) is 1.50. The van der Waals surface area contributed by atoms with E-state index in [0.29, 0.717) is 10.2 Å². The Morgan fingerprint density at radius 3 is 3.00 bits per heavy atom. The SMILES string of the molecule is CCNCc1ccc(Cl)cc1Sc1nccc(=O)[nH]1. The maximum Gasteiger partial charge on any atom is 0.251 e. The molecular weight excluding hydrogens is 282 g/mol. The van der Waals surface area contributed by atoms with Gasteiger partial charge in [0.15, 0.2) is 5.16 Å². The van der Waals surface area contributed by atoms with Crippen LogP contribution in [0, 0.1) is 0 Å². The van der Waals surface area contributed by atoms with Crippen molar-refractivity contribution >= 4 is 23.4 Å². The Morgan fingerprint density at radius 2 is 2.26 bits per heavy atom. The first-order valence-corrected chi connectivity index (χ1v) is 7.11. The zero-order valence-electron chi connectivity index (χ0n) is 10.4. The number of nitrogens with one attached hydrogen (secondary N) is 2. The Labute approximate surface area is 120 Å². The van der Waals surface area contributed by atoms with E-state index in [-0.39, 0.29) is 5.56 Å². The zero-order valence-corrected chi connectivity index (χ0v) is 12.0. The Hall–Kier alpha value is -1.30. The fraction of sp³-hybridized carbons (Fsp3) is 0.231. The molecule has 0 aliphatic heterocycles. The van der Waals surface area contributed by atoms with Gasteiger partial charge in [0.25, 0.3) is 5.56 Å². The van der Waals surface area contributed by atoms with E-state index in [1.54, 1.807) is 0 Å². The second kappa shape index (κ2) is 6.75. The summed E-state index contributed by atoms with van der Waals surface area (Å²) in [5.41, 5.74) is 0.968. The molecule has 1 heterocycles. The highest BCUT2D eigenvalue weighted by Gasteiger charge is 2.07. The number of aromatic nitrogens is 2. The summed E-state index contributed by atoms with van der Waals surface area (Å²) in [4.78, 5) is 19.1. The second-order valence-electron chi connectivity index (χ2n) is 3.87. The lowest BCUT2D eigenvalue weighted by Gasteiger charge is -2.09. The maximum absolute atomic E-state index is 11.3. The topological polar surface area (TPSA) is 57.8 Å². The van der Waals surface area contributed by atoms with Crippen molar-refractivity contribution in [2.24, 2.45) is 0 Å². The van der Waals surface area contributed by atoms with Gasteiger partial charge in [-0.2, -0.15) is 0 Å². The molecule has 0 saturated heterocycles. The molecule has 2 N–H and O–H groups in total. The minimum Gasteiger partial charge on any atom is -0.313 e. The Bertz CT molecular complexity index is 615. The van der Waals surface area contributed by atoms with Crippen LogP contribution in [0.15, 0.2) is 45.3 Å². The highest BCUT2D eigenvalue weighted by Crippen LogP contribution is 2.29. The zero-order chi connectivity index (χ0) is 13.7. The van der Waals surface area contributed by atoms with E-state index in [9.17, 15) is 4.79 Å². The molecule has 2 rings (SSSR count). The van der Waals surface area contributed by atoms with Crippen molar-refractivity contribution in [2.45, 2.75) is 23.5 Å². The highest BCUT2D eigenvalue weighted by atomic mass is 35.5. The van der Waals surface area contributed by atoms with Crippen LogP contribution in [-0.4, -0.2) is 16.5 Å². The van der Waals surface area contributed by atoms with Crippen LogP contribution < -0.4 is 10.9 Å². The van der Waals surface area contributed by atoms with Crippen LogP contribution in [0.2, 0.25) is 5.02 Å². The van der Waals surface area contributed by atoms with Crippen LogP contribution in [0.25, 0.3) is 0 Å². The average molecular weight is 296 g/mol. The third-order valence-electron chi connectivity index (χ3n) is 2.45. The van der Waals surface area contributed by atoms with E-state index in [2.05, 4.69) is 22.2 Å². The van der Waals surface area contributed by atoms with Crippen LogP contribution in [0.3, 0.4) is 0 Å². The molecule has 0 aliphatic rings. The Balaban J connectivity index is 2.27. The normalized spacial score (nSPS) is 10.6. The molecular formula is C13H14ClN3OS. The quantitative estimate of drug-likeness (QED) is 0.833. The van der Waals surface area contributed by atoms with E-state index in [1.807, 2.05) is 18.2 Å². The molecule has 0 aliphatic carbocycles. The number of hydrogen-bond donors (Lipinski definition) is 2. The van der Waals surface area contributed by atoms with Gasteiger partial charge in [0.1, 0.15) is 0 Å².